The average Bonchev–Trinajstić information content (AvgIpc) is 3.15. The molecule has 3 heterocycles. The minimum Gasteiger partial charge on any atom is -0.355 e. The fourth-order valence-corrected chi connectivity index (χ4v) is 2.93. The van der Waals surface area contributed by atoms with E-state index in [2.05, 4.69) is 20.4 Å². The van der Waals surface area contributed by atoms with Gasteiger partial charge in [-0.1, -0.05) is 12.1 Å². The van der Waals surface area contributed by atoms with Crippen LogP contribution in [0.5, 0.6) is 0 Å². The first-order valence-electron chi connectivity index (χ1n) is 8.59. The van der Waals surface area contributed by atoms with Crippen LogP contribution in [0.3, 0.4) is 0 Å². The molecule has 0 aliphatic carbocycles. The smallest absolute Gasteiger partial charge is 0.231 e. The zero-order valence-electron chi connectivity index (χ0n) is 14.7. The van der Waals surface area contributed by atoms with Gasteiger partial charge < -0.3 is 10.2 Å². The van der Waals surface area contributed by atoms with Gasteiger partial charge in [0.2, 0.25) is 5.91 Å². The van der Waals surface area contributed by atoms with Crippen molar-refractivity contribution in [1.29, 1.82) is 0 Å². The molecule has 1 saturated heterocycles. The Morgan fingerprint density at radius 2 is 1.93 bits per heavy atom. The third kappa shape index (κ3) is 3.55. The predicted octanol–water partition coefficient (Wildman–Crippen LogP) is 1.94. The molecule has 0 bridgehead atoms. The van der Waals surface area contributed by atoms with Crippen LogP contribution in [0, 0.1) is 5.92 Å². The number of amides is 1. The van der Waals surface area contributed by atoms with E-state index in [1.54, 1.807) is 35.1 Å². The first kappa shape index (κ1) is 16.9. The van der Waals surface area contributed by atoms with Gasteiger partial charge in [-0.25, -0.2) is 14.6 Å². The number of nitrogens with one attached hydrogen (secondary N) is 1. The van der Waals surface area contributed by atoms with E-state index in [9.17, 15) is 9.59 Å². The Morgan fingerprint density at radius 1 is 1.11 bits per heavy atom. The second-order valence-electron chi connectivity index (χ2n) is 6.41. The van der Waals surface area contributed by atoms with Crippen LogP contribution in [0.4, 0.5) is 11.5 Å². The van der Waals surface area contributed by atoms with Gasteiger partial charge in [-0.05, 0) is 25.1 Å². The Kier molecular flexibility index (Phi) is 4.37. The van der Waals surface area contributed by atoms with Crippen molar-refractivity contribution in [3.05, 3.63) is 60.7 Å². The van der Waals surface area contributed by atoms with Gasteiger partial charge in [-0.15, -0.1) is 0 Å². The van der Waals surface area contributed by atoms with E-state index in [0.717, 1.165) is 5.82 Å². The molecule has 8 nitrogen and oxygen atoms in total. The molecule has 1 fully saturated rings. The summed E-state index contributed by atoms with van der Waals surface area (Å²) in [6.45, 7) is 2.66. The number of aromatic nitrogens is 4. The van der Waals surface area contributed by atoms with E-state index in [4.69, 9.17) is 0 Å². The highest BCUT2D eigenvalue weighted by molar-refractivity contribution is 5.98. The van der Waals surface area contributed by atoms with E-state index >= 15 is 0 Å². The van der Waals surface area contributed by atoms with Gasteiger partial charge in [0.05, 0.1) is 5.92 Å². The third-order valence-electron chi connectivity index (χ3n) is 4.49. The number of carbonyl (C=O) groups is 2. The lowest BCUT2D eigenvalue weighted by Gasteiger charge is -2.39. The highest BCUT2D eigenvalue weighted by Gasteiger charge is 2.33. The van der Waals surface area contributed by atoms with Crippen LogP contribution in [0.2, 0.25) is 0 Å². The molecule has 0 spiro atoms. The fraction of sp³-hybridized carbons (Fsp3) is 0.211. The molecule has 27 heavy (non-hydrogen) atoms. The molecule has 4 rings (SSSR count). The maximum atomic E-state index is 12.4. The van der Waals surface area contributed by atoms with Crippen LogP contribution >= 0.6 is 0 Å². The zero-order valence-corrected chi connectivity index (χ0v) is 14.7. The third-order valence-corrected chi connectivity index (χ3v) is 4.49. The molecule has 8 heteroatoms. The largest absolute Gasteiger partial charge is 0.355 e. The summed E-state index contributed by atoms with van der Waals surface area (Å²) in [4.78, 5) is 34.4. The monoisotopic (exact) mass is 362 g/mol. The van der Waals surface area contributed by atoms with E-state index in [-0.39, 0.29) is 17.6 Å². The van der Waals surface area contributed by atoms with Crippen LogP contribution < -0.4 is 10.2 Å². The summed E-state index contributed by atoms with van der Waals surface area (Å²) in [5, 5.41) is 7.04. The van der Waals surface area contributed by atoms with Gasteiger partial charge in [0.1, 0.15) is 12.1 Å². The minimum absolute atomic E-state index is 0.0299. The Bertz CT molecular complexity index is 979. The van der Waals surface area contributed by atoms with Gasteiger partial charge in [0.15, 0.2) is 11.6 Å². The summed E-state index contributed by atoms with van der Waals surface area (Å²) in [5.41, 5.74) is 1.21. The van der Waals surface area contributed by atoms with Crippen molar-refractivity contribution in [3.63, 3.8) is 0 Å². The molecule has 0 unspecified atom stereocenters. The summed E-state index contributed by atoms with van der Waals surface area (Å²) < 4.78 is 1.66. The summed E-state index contributed by atoms with van der Waals surface area (Å²) in [5.74, 6) is 1.22. The van der Waals surface area contributed by atoms with Crippen LogP contribution in [-0.4, -0.2) is 44.5 Å². The van der Waals surface area contributed by atoms with E-state index in [1.807, 2.05) is 23.2 Å². The quantitative estimate of drug-likeness (QED) is 0.697. The molecule has 1 N–H and O–H groups in total. The minimum atomic E-state index is -0.130. The highest BCUT2D eigenvalue weighted by atomic mass is 16.2. The normalized spacial score (nSPS) is 13.9. The molecule has 0 atom stereocenters. The van der Waals surface area contributed by atoms with Gasteiger partial charge in [0.25, 0.3) is 0 Å². The second kappa shape index (κ2) is 6.99. The number of carbonyl (C=O) groups excluding carboxylic acids is 2. The van der Waals surface area contributed by atoms with Crippen molar-refractivity contribution < 1.29 is 9.59 Å². The van der Waals surface area contributed by atoms with Crippen LogP contribution in [0.1, 0.15) is 17.3 Å². The van der Waals surface area contributed by atoms with Gasteiger partial charge >= 0.3 is 0 Å². The molecule has 1 aliphatic rings. The second-order valence-corrected chi connectivity index (χ2v) is 6.41. The summed E-state index contributed by atoms with van der Waals surface area (Å²) in [7, 11) is 0. The lowest BCUT2D eigenvalue weighted by atomic mass is 9.99. The number of hydrogen-bond acceptors (Lipinski definition) is 6. The SMILES string of the molecule is CC(=O)c1cccc(NC(=O)C2CN(c3cc(-n4cccn4)ncn3)C2)c1. The van der Waals surface area contributed by atoms with E-state index in [0.29, 0.717) is 30.2 Å². The van der Waals surface area contributed by atoms with Crippen LogP contribution in [-0.2, 0) is 4.79 Å². The Balaban J connectivity index is 1.38. The standard InChI is InChI=1S/C19H18N6O2/c1-13(26)14-4-2-5-16(8-14)23-19(27)15-10-24(11-15)17-9-18(21-12-20-17)25-7-3-6-22-25/h2-9,12,15H,10-11H2,1H3,(H,23,27). The Labute approximate surface area is 155 Å². The number of Topliss-reactive ketones (excluding diaryl/α,β-unsaturated/α-hetero) is 1. The van der Waals surface area contributed by atoms with Crippen LogP contribution in [0.25, 0.3) is 5.82 Å². The van der Waals surface area contributed by atoms with Gasteiger partial charge in [-0.3, -0.25) is 9.59 Å². The number of anilines is 2. The summed E-state index contributed by atoms with van der Waals surface area (Å²) in [6.07, 6.45) is 4.99. The van der Waals surface area contributed by atoms with Gasteiger partial charge in [0, 0.05) is 42.8 Å². The fourth-order valence-electron chi connectivity index (χ4n) is 2.93. The maximum absolute atomic E-state index is 12.4. The van der Waals surface area contributed by atoms with Crippen molar-refractivity contribution in [2.45, 2.75) is 6.92 Å². The molecule has 3 aromatic rings. The number of benzene rings is 1. The molecule has 0 radical (unpaired) electrons. The molecule has 1 amide bonds. The van der Waals surface area contributed by atoms with E-state index in [1.165, 1.54) is 13.3 Å². The van der Waals surface area contributed by atoms with Crippen molar-refractivity contribution in [2.24, 2.45) is 5.92 Å². The molecule has 0 saturated carbocycles. The lowest BCUT2D eigenvalue weighted by Crippen LogP contribution is -2.52. The summed E-state index contributed by atoms with van der Waals surface area (Å²) in [6, 6.07) is 10.6. The Morgan fingerprint density at radius 3 is 2.67 bits per heavy atom. The number of hydrogen-bond donors (Lipinski definition) is 1. The number of ketones is 1. The molecule has 136 valence electrons. The van der Waals surface area contributed by atoms with Crippen molar-refractivity contribution in [1.82, 2.24) is 19.7 Å². The summed E-state index contributed by atoms with van der Waals surface area (Å²) >= 11 is 0. The first-order chi connectivity index (χ1) is 13.1. The molecule has 2 aromatic heterocycles. The number of nitrogens with zero attached hydrogens (tertiary/aromatic N) is 5. The Hall–Kier alpha value is -3.55. The van der Waals surface area contributed by atoms with Crippen LogP contribution in [0.15, 0.2) is 55.1 Å². The zero-order chi connectivity index (χ0) is 18.8. The molecule has 1 aliphatic heterocycles. The molecule has 1 aromatic carbocycles. The first-order valence-corrected chi connectivity index (χ1v) is 8.59. The van der Waals surface area contributed by atoms with Crippen molar-refractivity contribution in [3.8, 4) is 5.82 Å². The number of rotatable bonds is 5. The van der Waals surface area contributed by atoms with Crippen molar-refractivity contribution in [2.75, 3.05) is 23.3 Å². The average molecular weight is 362 g/mol. The molecular weight excluding hydrogens is 344 g/mol. The highest BCUT2D eigenvalue weighted by Crippen LogP contribution is 2.25. The van der Waals surface area contributed by atoms with E-state index < -0.39 is 0 Å². The van der Waals surface area contributed by atoms with Gasteiger partial charge in [-0.2, -0.15) is 5.10 Å². The van der Waals surface area contributed by atoms with Crippen molar-refractivity contribution >= 4 is 23.2 Å². The lowest BCUT2D eigenvalue weighted by molar-refractivity contribution is -0.120. The predicted molar refractivity (Wildman–Crippen MR) is 99.9 cm³/mol. The topological polar surface area (TPSA) is 93.0 Å². The molecular formula is C19H18N6O2. The maximum Gasteiger partial charge on any atom is 0.231 e.